The van der Waals surface area contributed by atoms with Crippen molar-refractivity contribution in [3.63, 3.8) is 0 Å². The van der Waals surface area contributed by atoms with E-state index in [9.17, 15) is 0 Å². The second-order valence-electron chi connectivity index (χ2n) is 4.25. The van der Waals surface area contributed by atoms with Gasteiger partial charge in [0.15, 0.2) is 0 Å². The van der Waals surface area contributed by atoms with Crippen molar-refractivity contribution in [1.29, 1.82) is 0 Å². The van der Waals surface area contributed by atoms with Crippen LogP contribution >= 0.6 is 0 Å². The van der Waals surface area contributed by atoms with Crippen molar-refractivity contribution in [1.82, 2.24) is 0 Å². The molecule has 0 saturated heterocycles. The highest BCUT2D eigenvalue weighted by Gasteiger charge is 1.85. The standard InChI is InChI=1S/C18H22/c1-4-10-17(5-2)12-7-6-8-13-18-14-9-11-16(3)15-18/h4,6-15H,5H2,1-3H3/b7-6+,10-4-,13-8+,17-12-. The summed E-state index contributed by atoms with van der Waals surface area (Å²) in [5.74, 6) is 0. The van der Waals surface area contributed by atoms with Crippen LogP contribution in [-0.2, 0) is 0 Å². The zero-order chi connectivity index (χ0) is 13.2. The van der Waals surface area contributed by atoms with Crippen LogP contribution in [0.15, 0.2) is 66.3 Å². The minimum Gasteiger partial charge on any atom is -0.0874 e. The highest BCUT2D eigenvalue weighted by atomic mass is 13.9. The van der Waals surface area contributed by atoms with E-state index >= 15 is 0 Å². The smallest absolute Gasteiger partial charge is 0.0254 e. The Balaban J connectivity index is 2.59. The van der Waals surface area contributed by atoms with E-state index in [4.69, 9.17) is 0 Å². The summed E-state index contributed by atoms with van der Waals surface area (Å²) in [5.41, 5.74) is 3.88. The van der Waals surface area contributed by atoms with E-state index in [0.29, 0.717) is 0 Å². The maximum Gasteiger partial charge on any atom is -0.0254 e. The molecule has 0 aliphatic carbocycles. The lowest BCUT2D eigenvalue weighted by molar-refractivity contribution is 1.15. The number of benzene rings is 1. The van der Waals surface area contributed by atoms with Gasteiger partial charge in [0.1, 0.15) is 0 Å². The monoisotopic (exact) mass is 238 g/mol. The molecule has 1 aromatic carbocycles. The Morgan fingerprint density at radius 1 is 1.17 bits per heavy atom. The summed E-state index contributed by atoms with van der Waals surface area (Å²) in [6, 6.07) is 8.49. The molecule has 1 aromatic rings. The average Bonchev–Trinajstić information content (AvgIpc) is 2.37. The van der Waals surface area contributed by atoms with Gasteiger partial charge in [-0.2, -0.15) is 0 Å². The van der Waals surface area contributed by atoms with Gasteiger partial charge in [0.25, 0.3) is 0 Å². The molecule has 0 fully saturated rings. The molecule has 0 heterocycles. The molecule has 0 aromatic heterocycles. The fourth-order valence-electron chi connectivity index (χ4n) is 1.69. The molecule has 94 valence electrons. The molecule has 0 heteroatoms. The summed E-state index contributed by atoms with van der Waals surface area (Å²) in [6.07, 6.45) is 15.8. The average molecular weight is 238 g/mol. The first-order valence-corrected chi connectivity index (χ1v) is 6.49. The zero-order valence-corrected chi connectivity index (χ0v) is 11.6. The SMILES string of the molecule is C\C=C/C(=C\C=C\C=C\c1cccc(C)c1)CC. The summed E-state index contributed by atoms with van der Waals surface area (Å²) in [6.45, 7) is 6.33. The second kappa shape index (κ2) is 8.30. The third-order valence-electron chi connectivity index (χ3n) is 2.65. The van der Waals surface area contributed by atoms with E-state index in [-0.39, 0.29) is 0 Å². The first-order valence-electron chi connectivity index (χ1n) is 6.49. The predicted molar refractivity (Wildman–Crippen MR) is 82.5 cm³/mol. The molecule has 0 aliphatic rings. The van der Waals surface area contributed by atoms with Gasteiger partial charge >= 0.3 is 0 Å². The van der Waals surface area contributed by atoms with Gasteiger partial charge in [-0.1, -0.05) is 79.3 Å². The topological polar surface area (TPSA) is 0 Å². The molecule has 0 amide bonds. The van der Waals surface area contributed by atoms with Gasteiger partial charge in [0, 0.05) is 0 Å². The van der Waals surface area contributed by atoms with Crippen LogP contribution in [-0.4, -0.2) is 0 Å². The quantitative estimate of drug-likeness (QED) is 0.596. The first kappa shape index (κ1) is 14.2. The van der Waals surface area contributed by atoms with Crippen LogP contribution < -0.4 is 0 Å². The van der Waals surface area contributed by atoms with E-state index in [1.54, 1.807) is 0 Å². The summed E-state index contributed by atoms with van der Waals surface area (Å²) >= 11 is 0. The molecular formula is C18H22. The van der Waals surface area contributed by atoms with Crippen molar-refractivity contribution in [2.75, 3.05) is 0 Å². The third kappa shape index (κ3) is 5.49. The molecule has 0 bridgehead atoms. The number of aryl methyl sites for hydroxylation is 1. The molecule has 0 unspecified atom stereocenters. The van der Waals surface area contributed by atoms with E-state index in [2.05, 4.69) is 80.6 Å². The Labute approximate surface area is 111 Å². The Kier molecular flexibility index (Phi) is 6.56. The fraction of sp³-hybridized carbons (Fsp3) is 0.222. The van der Waals surface area contributed by atoms with Crippen LogP contribution in [0.5, 0.6) is 0 Å². The molecule has 0 radical (unpaired) electrons. The van der Waals surface area contributed by atoms with Crippen molar-refractivity contribution in [3.05, 3.63) is 77.4 Å². The molecule has 0 spiro atoms. The molecule has 0 aliphatic heterocycles. The molecular weight excluding hydrogens is 216 g/mol. The van der Waals surface area contributed by atoms with E-state index in [0.717, 1.165) is 6.42 Å². The molecule has 0 N–H and O–H groups in total. The van der Waals surface area contributed by atoms with Gasteiger partial charge in [0.2, 0.25) is 0 Å². The Morgan fingerprint density at radius 2 is 2.00 bits per heavy atom. The lowest BCUT2D eigenvalue weighted by Gasteiger charge is -1.94. The van der Waals surface area contributed by atoms with Crippen LogP contribution in [0.4, 0.5) is 0 Å². The Hall–Kier alpha value is -1.82. The molecule has 0 atom stereocenters. The first-order chi connectivity index (χ1) is 8.76. The minimum absolute atomic E-state index is 1.07. The van der Waals surface area contributed by atoms with Crippen molar-refractivity contribution < 1.29 is 0 Å². The van der Waals surface area contributed by atoms with Crippen LogP contribution in [0, 0.1) is 6.92 Å². The maximum atomic E-state index is 2.18. The van der Waals surface area contributed by atoms with Crippen LogP contribution in [0.3, 0.4) is 0 Å². The summed E-state index contributed by atoms with van der Waals surface area (Å²) < 4.78 is 0. The van der Waals surface area contributed by atoms with Crippen molar-refractivity contribution in [3.8, 4) is 0 Å². The Morgan fingerprint density at radius 3 is 2.67 bits per heavy atom. The van der Waals surface area contributed by atoms with Gasteiger partial charge in [0.05, 0.1) is 0 Å². The van der Waals surface area contributed by atoms with Crippen molar-refractivity contribution in [2.45, 2.75) is 27.2 Å². The largest absolute Gasteiger partial charge is 0.0874 e. The number of allylic oxidation sites excluding steroid dienone is 7. The highest BCUT2D eigenvalue weighted by molar-refractivity contribution is 5.52. The van der Waals surface area contributed by atoms with Crippen LogP contribution in [0.1, 0.15) is 31.4 Å². The summed E-state index contributed by atoms with van der Waals surface area (Å²) in [4.78, 5) is 0. The van der Waals surface area contributed by atoms with E-state index in [1.165, 1.54) is 16.7 Å². The summed E-state index contributed by atoms with van der Waals surface area (Å²) in [5, 5.41) is 0. The van der Waals surface area contributed by atoms with E-state index < -0.39 is 0 Å². The minimum atomic E-state index is 1.07. The third-order valence-corrected chi connectivity index (χ3v) is 2.65. The van der Waals surface area contributed by atoms with Gasteiger partial charge in [-0.3, -0.25) is 0 Å². The molecule has 1 rings (SSSR count). The molecule has 18 heavy (non-hydrogen) atoms. The second-order valence-corrected chi connectivity index (χ2v) is 4.25. The number of rotatable bonds is 5. The highest BCUT2D eigenvalue weighted by Crippen LogP contribution is 2.06. The van der Waals surface area contributed by atoms with Crippen molar-refractivity contribution >= 4 is 6.08 Å². The van der Waals surface area contributed by atoms with Crippen LogP contribution in [0.25, 0.3) is 6.08 Å². The Bertz CT molecular complexity index is 471. The lowest BCUT2D eigenvalue weighted by Crippen LogP contribution is -1.73. The van der Waals surface area contributed by atoms with E-state index in [1.807, 2.05) is 6.92 Å². The van der Waals surface area contributed by atoms with Gasteiger partial charge in [-0.15, -0.1) is 0 Å². The predicted octanol–water partition coefficient (Wildman–Crippen LogP) is 5.48. The molecule has 0 saturated carbocycles. The fourth-order valence-corrected chi connectivity index (χ4v) is 1.69. The summed E-state index contributed by atoms with van der Waals surface area (Å²) in [7, 11) is 0. The van der Waals surface area contributed by atoms with Gasteiger partial charge in [-0.05, 0) is 31.4 Å². The number of hydrogen-bond donors (Lipinski definition) is 0. The zero-order valence-electron chi connectivity index (χ0n) is 11.6. The number of hydrogen-bond acceptors (Lipinski definition) is 0. The van der Waals surface area contributed by atoms with Gasteiger partial charge < -0.3 is 0 Å². The lowest BCUT2D eigenvalue weighted by atomic mass is 10.1. The maximum absolute atomic E-state index is 2.18. The van der Waals surface area contributed by atoms with Crippen LogP contribution in [0.2, 0.25) is 0 Å². The normalized spacial score (nSPS) is 13.2. The van der Waals surface area contributed by atoms with Crippen molar-refractivity contribution in [2.24, 2.45) is 0 Å². The van der Waals surface area contributed by atoms with Gasteiger partial charge in [-0.25, -0.2) is 0 Å². The molecule has 0 nitrogen and oxygen atoms in total.